The monoisotopic (exact) mass is 340 g/mol. The van der Waals surface area contributed by atoms with Gasteiger partial charge in [-0.05, 0) is 17.0 Å². The third-order valence-corrected chi connectivity index (χ3v) is 4.33. The minimum atomic E-state index is -5.03. The number of aliphatic hydroxyl groups is 1. The Morgan fingerprint density at radius 2 is 1.91 bits per heavy atom. The smallest absolute Gasteiger partial charge is 0.362 e. The molecule has 0 radical (unpaired) electrons. The zero-order valence-corrected chi connectivity index (χ0v) is 12.4. The summed E-state index contributed by atoms with van der Waals surface area (Å²) >= 11 is 0.987. The molecule has 2 aromatic rings. The van der Waals surface area contributed by atoms with Gasteiger partial charge in [0.15, 0.2) is 0 Å². The number of rotatable bonds is 2. The maximum Gasteiger partial charge on any atom is 0.438 e. The highest BCUT2D eigenvalue weighted by molar-refractivity contribution is 7.12. The molecule has 23 heavy (non-hydrogen) atoms. The molecule has 0 bridgehead atoms. The third-order valence-electron chi connectivity index (χ3n) is 3.47. The summed E-state index contributed by atoms with van der Waals surface area (Å²) in [5.41, 5.74) is -2.91. The van der Waals surface area contributed by atoms with Crippen molar-refractivity contribution >= 4 is 23.0 Å². The predicted octanol–water partition coefficient (Wildman–Crippen LogP) is 3.25. The van der Waals surface area contributed by atoms with E-state index in [9.17, 15) is 23.1 Å². The van der Waals surface area contributed by atoms with Crippen molar-refractivity contribution in [2.45, 2.75) is 18.3 Å². The summed E-state index contributed by atoms with van der Waals surface area (Å²) < 4.78 is 40.1. The molecule has 1 aromatic carbocycles. The van der Waals surface area contributed by atoms with Crippen molar-refractivity contribution in [2.24, 2.45) is 5.10 Å². The van der Waals surface area contributed by atoms with Crippen LogP contribution in [0.2, 0.25) is 0 Å². The van der Waals surface area contributed by atoms with Gasteiger partial charge < -0.3 is 5.11 Å². The highest BCUT2D eigenvalue weighted by atomic mass is 32.1. The van der Waals surface area contributed by atoms with Crippen LogP contribution in [0.15, 0.2) is 52.9 Å². The Kier molecular flexibility index (Phi) is 3.73. The lowest BCUT2D eigenvalue weighted by atomic mass is 10.0. The number of benzene rings is 1. The average molecular weight is 340 g/mol. The van der Waals surface area contributed by atoms with Crippen molar-refractivity contribution in [1.29, 1.82) is 0 Å². The van der Waals surface area contributed by atoms with Crippen LogP contribution >= 0.6 is 11.3 Å². The van der Waals surface area contributed by atoms with Crippen molar-refractivity contribution in [3.63, 3.8) is 0 Å². The molecule has 0 saturated heterocycles. The molecule has 1 amide bonds. The molecule has 1 unspecified atom stereocenters. The van der Waals surface area contributed by atoms with Gasteiger partial charge in [0.1, 0.15) is 0 Å². The van der Waals surface area contributed by atoms with Crippen LogP contribution in [0.3, 0.4) is 0 Å². The van der Waals surface area contributed by atoms with Gasteiger partial charge in [-0.1, -0.05) is 36.4 Å². The summed E-state index contributed by atoms with van der Waals surface area (Å²) in [6, 6.07) is 11.1. The number of hydrogen-bond donors (Lipinski definition) is 1. The Morgan fingerprint density at radius 1 is 1.22 bits per heavy atom. The summed E-state index contributed by atoms with van der Waals surface area (Å²) in [6.07, 6.45) is -5.84. The normalized spacial score (nSPS) is 21.4. The molecular formula is C15H11F3N2O2S. The fourth-order valence-electron chi connectivity index (χ4n) is 2.28. The van der Waals surface area contributed by atoms with Gasteiger partial charge in [0.05, 0.1) is 17.0 Å². The predicted molar refractivity (Wildman–Crippen MR) is 79.1 cm³/mol. The van der Waals surface area contributed by atoms with Crippen LogP contribution in [0.5, 0.6) is 0 Å². The van der Waals surface area contributed by atoms with Gasteiger partial charge in [0.2, 0.25) is 0 Å². The SMILES string of the molecule is O=C(c1cccs1)N1N=C(c2ccccc2)CC1(O)C(F)(F)F. The average Bonchev–Trinajstić information content (AvgIpc) is 3.15. The molecule has 1 aromatic heterocycles. The molecule has 1 atom stereocenters. The Morgan fingerprint density at radius 3 is 2.48 bits per heavy atom. The maximum atomic E-state index is 13.4. The molecule has 120 valence electrons. The molecule has 0 spiro atoms. The molecule has 1 aliphatic rings. The lowest BCUT2D eigenvalue weighted by Gasteiger charge is -2.32. The minimum absolute atomic E-state index is 0.00957. The summed E-state index contributed by atoms with van der Waals surface area (Å²) in [4.78, 5) is 12.4. The first-order valence-corrected chi connectivity index (χ1v) is 7.51. The quantitative estimate of drug-likeness (QED) is 0.912. The summed E-state index contributed by atoms with van der Waals surface area (Å²) in [6.45, 7) is 0. The van der Waals surface area contributed by atoms with Crippen molar-refractivity contribution in [3.8, 4) is 0 Å². The van der Waals surface area contributed by atoms with Gasteiger partial charge in [-0.15, -0.1) is 11.3 Å². The van der Waals surface area contributed by atoms with E-state index >= 15 is 0 Å². The second-order valence-electron chi connectivity index (χ2n) is 5.00. The number of amides is 1. The molecule has 4 nitrogen and oxygen atoms in total. The number of hydrogen-bond acceptors (Lipinski definition) is 4. The maximum absolute atomic E-state index is 13.4. The highest BCUT2D eigenvalue weighted by Crippen LogP contribution is 2.42. The number of alkyl halides is 3. The molecule has 0 fully saturated rings. The molecule has 1 aliphatic heterocycles. The standard InChI is InChI=1S/C15H11F3N2O2S/c16-15(17,18)14(22)9-11(10-5-2-1-3-6-10)19-20(14)13(21)12-7-4-8-23-12/h1-8,22H,9H2. The first-order chi connectivity index (χ1) is 10.8. The minimum Gasteiger partial charge on any atom is -0.362 e. The van der Waals surface area contributed by atoms with Gasteiger partial charge in [-0.25, -0.2) is 0 Å². The van der Waals surface area contributed by atoms with Gasteiger partial charge in [-0.3, -0.25) is 4.79 Å². The molecule has 3 rings (SSSR count). The van der Waals surface area contributed by atoms with E-state index in [1.54, 1.807) is 41.8 Å². The van der Waals surface area contributed by atoms with Crippen molar-refractivity contribution in [3.05, 3.63) is 58.3 Å². The topological polar surface area (TPSA) is 52.9 Å². The van der Waals surface area contributed by atoms with E-state index in [0.717, 1.165) is 11.3 Å². The van der Waals surface area contributed by atoms with Crippen LogP contribution in [0.4, 0.5) is 13.2 Å². The fraction of sp³-hybridized carbons (Fsp3) is 0.200. The van der Waals surface area contributed by atoms with Crippen molar-refractivity contribution in [1.82, 2.24) is 5.01 Å². The number of carbonyl (C=O) groups excluding carboxylic acids is 1. The van der Waals surface area contributed by atoms with E-state index in [-0.39, 0.29) is 15.6 Å². The van der Waals surface area contributed by atoms with E-state index in [4.69, 9.17) is 0 Å². The van der Waals surface area contributed by atoms with E-state index < -0.39 is 24.2 Å². The Balaban J connectivity index is 2.04. The number of halogens is 3. The van der Waals surface area contributed by atoms with E-state index in [0.29, 0.717) is 5.56 Å². The molecule has 0 saturated carbocycles. The number of thiophene rings is 1. The highest BCUT2D eigenvalue weighted by Gasteiger charge is 2.63. The van der Waals surface area contributed by atoms with Gasteiger partial charge >= 0.3 is 6.18 Å². The van der Waals surface area contributed by atoms with E-state index in [1.807, 2.05) is 0 Å². The lowest BCUT2D eigenvalue weighted by molar-refractivity contribution is -0.297. The van der Waals surface area contributed by atoms with Crippen LogP contribution in [-0.4, -0.2) is 33.6 Å². The van der Waals surface area contributed by atoms with E-state index in [2.05, 4.69) is 5.10 Å². The Labute approximate surface area is 133 Å². The summed E-state index contributed by atoms with van der Waals surface area (Å²) in [7, 11) is 0. The second kappa shape index (κ2) is 5.47. The van der Waals surface area contributed by atoms with Gasteiger partial charge in [-0.2, -0.15) is 23.3 Å². The van der Waals surface area contributed by atoms with Gasteiger partial charge in [0.25, 0.3) is 11.6 Å². The first-order valence-electron chi connectivity index (χ1n) is 6.63. The molecule has 2 heterocycles. The van der Waals surface area contributed by atoms with Crippen molar-refractivity contribution in [2.75, 3.05) is 0 Å². The number of carbonyl (C=O) groups is 1. The second-order valence-corrected chi connectivity index (χ2v) is 5.95. The molecule has 0 aliphatic carbocycles. The summed E-state index contributed by atoms with van der Waals surface area (Å²) in [5, 5.41) is 15.6. The van der Waals surface area contributed by atoms with E-state index in [1.165, 1.54) is 6.07 Å². The number of hydrazone groups is 1. The van der Waals surface area contributed by atoms with Crippen LogP contribution < -0.4 is 0 Å². The largest absolute Gasteiger partial charge is 0.438 e. The Bertz CT molecular complexity index is 744. The van der Waals surface area contributed by atoms with Crippen LogP contribution in [0.25, 0.3) is 0 Å². The van der Waals surface area contributed by atoms with Crippen molar-refractivity contribution < 1.29 is 23.1 Å². The third kappa shape index (κ3) is 2.64. The summed E-state index contributed by atoms with van der Waals surface area (Å²) in [5.74, 6) is -0.981. The lowest BCUT2D eigenvalue weighted by Crippen LogP contribution is -2.56. The fourth-order valence-corrected chi connectivity index (χ4v) is 2.92. The van der Waals surface area contributed by atoms with Crippen LogP contribution in [0.1, 0.15) is 21.7 Å². The van der Waals surface area contributed by atoms with Crippen LogP contribution in [0, 0.1) is 0 Å². The Hall–Kier alpha value is -2.19. The zero-order valence-electron chi connectivity index (χ0n) is 11.6. The molecular weight excluding hydrogens is 329 g/mol. The first kappa shape index (κ1) is 15.7. The number of nitrogens with zero attached hydrogens (tertiary/aromatic N) is 2. The zero-order chi connectivity index (χ0) is 16.7. The van der Waals surface area contributed by atoms with Gasteiger partial charge in [0, 0.05) is 0 Å². The molecule has 1 N–H and O–H groups in total. The van der Waals surface area contributed by atoms with Crippen LogP contribution in [-0.2, 0) is 0 Å². The molecule has 8 heteroatoms.